The minimum Gasteiger partial charge on any atom is -0.352 e. The molecule has 4 rings (SSSR count). The molecule has 1 fully saturated rings. The molecule has 3 heterocycles. The Hall–Kier alpha value is -2.62. The maximum Gasteiger partial charge on any atom is 0.243 e. The molecule has 10 heteroatoms. The fourth-order valence-corrected chi connectivity index (χ4v) is 4.78. The van der Waals surface area contributed by atoms with Crippen LogP contribution >= 0.6 is 11.6 Å². The molecule has 0 aliphatic carbocycles. The van der Waals surface area contributed by atoms with Crippen molar-refractivity contribution in [3.63, 3.8) is 0 Å². The summed E-state index contributed by atoms with van der Waals surface area (Å²) in [6.45, 7) is 1.49. The van der Waals surface area contributed by atoms with Crippen molar-refractivity contribution < 1.29 is 12.8 Å². The molecule has 0 amide bonds. The summed E-state index contributed by atoms with van der Waals surface area (Å²) in [7, 11) is -3.74. The van der Waals surface area contributed by atoms with E-state index < -0.39 is 15.8 Å². The van der Waals surface area contributed by atoms with Gasteiger partial charge in [0, 0.05) is 32.4 Å². The van der Waals surface area contributed by atoms with E-state index in [9.17, 15) is 12.8 Å². The van der Waals surface area contributed by atoms with Crippen LogP contribution in [0.25, 0.3) is 11.4 Å². The van der Waals surface area contributed by atoms with Crippen LogP contribution in [-0.4, -0.2) is 54.1 Å². The maximum atomic E-state index is 13.3. The van der Waals surface area contributed by atoms with Gasteiger partial charge < -0.3 is 4.90 Å². The van der Waals surface area contributed by atoms with Crippen molar-refractivity contribution >= 4 is 27.4 Å². The number of anilines is 1. The van der Waals surface area contributed by atoms with Crippen LogP contribution in [-0.2, 0) is 10.0 Å². The summed E-state index contributed by atoms with van der Waals surface area (Å²) in [5.41, 5.74) is 1.41. The lowest BCUT2D eigenvalue weighted by Crippen LogP contribution is -2.49. The van der Waals surface area contributed by atoms with Crippen LogP contribution in [0.3, 0.4) is 0 Å². The maximum absolute atomic E-state index is 13.3. The van der Waals surface area contributed by atoms with E-state index in [2.05, 4.69) is 15.2 Å². The molecule has 0 N–H and O–H groups in total. The van der Waals surface area contributed by atoms with Gasteiger partial charge in [-0.15, -0.1) is 10.2 Å². The van der Waals surface area contributed by atoms with Crippen LogP contribution in [0.15, 0.2) is 59.6 Å². The van der Waals surface area contributed by atoms with Gasteiger partial charge in [0.15, 0.2) is 5.82 Å². The minimum atomic E-state index is -3.74. The molecule has 0 saturated carbocycles. The summed E-state index contributed by atoms with van der Waals surface area (Å²) < 4.78 is 40.3. The number of benzene rings is 1. The molecule has 0 radical (unpaired) electrons. The molecule has 3 aromatic rings. The molecule has 0 bridgehead atoms. The molecule has 0 unspecified atom stereocenters. The van der Waals surface area contributed by atoms with E-state index in [1.54, 1.807) is 6.20 Å². The standard InChI is InChI=1S/C19H17ClFN5O2S/c20-15-13-14(4-5-16(15)21)29(27,28)26-11-9-25(10-12-26)19-7-6-18(23-24-19)17-3-1-2-8-22-17/h1-8,13H,9-12H2. The van der Waals surface area contributed by atoms with Gasteiger partial charge in [0.25, 0.3) is 0 Å². The SMILES string of the molecule is O=S(=O)(c1ccc(F)c(Cl)c1)N1CCN(c2ccc(-c3ccccn3)nn2)CC1. The zero-order chi connectivity index (χ0) is 20.4. The molecule has 1 saturated heterocycles. The molecule has 1 aliphatic heterocycles. The van der Waals surface area contributed by atoms with E-state index in [0.717, 1.165) is 17.8 Å². The number of aromatic nitrogens is 3. The highest BCUT2D eigenvalue weighted by atomic mass is 35.5. The van der Waals surface area contributed by atoms with E-state index >= 15 is 0 Å². The van der Waals surface area contributed by atoms with Gasteiger partial charge in [0.05, 0.1) is 15.6 Å². The van der Waals surface area contributed by atoms with E-state index in [0.29, 0.717) is 24.6 Å². The molecule has 7 nitrogen and oxygen atoms in total. The van der Waals surface area contributed by atoms with Crippen molar-refractivity contribution in [2.75, 3.05) is 31.1 Å². The van der Waals surface area contributed by atoms with E-state index in [1.165, 1.54) is 10.4 Å². The molecule has 29 heavy (non-hydrogen) atoms. The average Bonchev–Trinajstić information content (AvgIpc) is 2.76. The van der Waals surface area contributed by atoms with Crippen molar-refractivity contribution in [2.45, 2.75) is 4.90 Å². The zero-order valence-electron chi connectivity index (χ0n) is 15.2. The van der Waals surface area contributed by atoms with Gasteiger partial charge in [-0.1, -0.05) is 17.7 Å². The summed E-state index contributed by atoms with van der Waals surface area (Å²) in [5, 5.41) is 8.26. The Morgan fingerprint density at radius 1 is 0.931 bits per heavy atom. The van der Waals surface area contributed by atoms with E-state index in [4.69, 9.17) is 11.6 Å². The second-order valence-corrected chi connectivity index (χ2v) is 8.80. The molecule has 1 aliphatic rings. The van der Waals surface area contributed by atoms with Gasteiger partial charge in [-0.2, -0.15) is 4.31 Å². The third-order valence-corrected chi connectivity index (χ3v) is 6.85. The number of sulfonamides is 1. The molecule has 0 atom stereocenters. The number of piperazine rings is 1. The topological polar surface area (TPSA) is 79.3 Å². The highest BCUT2D eigenvalue weighted by Gasteiger charge is 2.29. The van der Waals surface area contributed by atoms with Gasteiger partial charge in [-0.3, -0.25) is 4.98 Å². The second-order valence-electron chi connectivity index (χ2n) is 6.46. The largest absolute Gasteiger partial charge is 0.352 e. The van der Waals surface area contributed by atoms with Crippen LogP contribution < -0.4 is 4.90 Å². The number of hydrogen-bond acceptors (Lipinski definition) is 6. The molecular weight excluding hydrogens is 417 g/mol. The Bertz CT molecular complexity index is 1110. The average molecular weight is 434 g/mol. The first kappa shape index (κ1) is 19.7. The predicted molar refractivity (Wildman–Crippen MR) is 108 cm³/mol. The summed E-state index contributed by atoms with van der Waals surface area (Å²) in [5.74, 6) is 0.0229. The van der Waals surface area contributed by atoms with Gasteiger partial charge in [0.1, 0.15) is 11.5 Å². The number of nitrogens with zero attached hydrogens (tertiary/aromatic N) is 5. The van der Waals surface area contributed by atoms with Crippen LogP contribution in [0.5, 0.6) is 0 Å². The van der Waals surface area contributed by atoms with Crippen LogP contribution in [0, 0.1) is 5.82 Å². The molecular formula is C19H17ClFN5O2S. The fourth-order valence-electron chi connectivity index (χ4n) is 3.09. The third kappa shape index (κ3) is 4.07. The number of rotatable bonds is 4. The highest BCUT2D eigenvalue weighted by Crippen LogP contribution is 2.24. The number of pyridine rings is 1. The Balaban J connectivity index is 1.44. The zero-order valence-corrected chi connectivity index (χ0v) is 16.8. The van der Waals surface area contributed by atoms with Gasteiger partial charge in [-0.05, 0) is 42.5 Å². The van der Waals surface area contributed by atoms with E-state index in [-0.39, 0.29) is 23.0 Å². The molecule has 0 spiro atoms. The molecule has 1 aromatic carbocycles. The van der Waals surface area contributed by atoms with Gasteiger partial charge >= 0.3 is 0 Å². The van der Waals surface area contributed by atoms with Crippen molar-refractivity contribution in [2.24, 2.45) is 0 Å². The Morgan fingerprint density at radius 2 is 1.72 bits per heavy atom. The summed E-state index contributed by atoms with van der Waals surface area (Å²) >= 11 is 5.73. The van der Waals surface area contributed by atoms with Crippen molar-refractivity contribution in [3.8, 4) is 11.4 Å². The van der Waals surface area contributed by atoms with E-state index in [1.807, 2.05) is 35.2 Å². The van der Waals surface area contributed by atoms with Gasteiger partial charge in [0.2, 0.25) is 10.0 Å². The van der Waals surface area contributed by atoms with Gasteiger partial charge in [-0.25, -0.2) is 12.8 Å². The first-order chi connectivity index (χ1) is 13.9. The summed E-state index contributed by atoms with van der Waals surface area (Å²) in [4.78, 5) is 6.20. The highest BCUT2D eigenvalue weighted by molar-refractivity contribution is 7.89. The minimum absolute atomic E-state index is 0.0168. The van der Waals surface area contributed by atoms with Crippen molar-refractivity contribution in [1.29, 1.82) is 0 Å². The summed E-state index contributed by atoms with van der Waals surface area (Å²) in [6.07, 6.45) is 1.69. The summed E-state index contributed by atoms with van der Waals surface area (Å²) in [6, 6.07) is 12.7. The lowest BCUT2D eigenvalue weighted by Gasteiger charge is -2.34. The lowest BCUT2D eigenvalue weighted by molar-refractivity contribution is 0.383. The third-order valence-electron chi connectivity index (χ3n) is 4.67. The Morgan fingerprint density at radius 3 is 2.34 bits per heavy atom. The Kier molecular flexibility index (Phi) is 5.44. The first-order valence-corrected chi connectivity index (χ1v) is 10.7. The smallest absolute Gasteiger partial charge is 0.243 e. The Labute approximate surface area is 172 Å². The number of halogens is 2. The number of hydrogen-bond donors (Lipinski definition) is 0. The van der Waals surface area contributed by atoms with Crippen LogP contribution in [0.4, 0.5) is 10.2 Å². The van der Waals surface area contributed by atoms with Crippen molar-refractivity contribution in [1.82, 2.24) is 19.5 Å². The van der Waals surface area contributed by atoms with Crippen molar-refractivity contribution in [3.05, 3.63) is 65.6 Å². The predicted octanol–water partition coefficient (Wildman–Crippen LogP) is 2.84. The first-order valence-electron chi connectivity index (χ1n) is 8.90. The fraction of sp³-hybridized carbons (Fsp3) is 0.211. The molecule has 2 aromatic heterocycles. The monoisotopic (exact) mass is 433 g/mol. The second kappa shape index (κ2) is 8.02. The normalized spacial score (nSPS) is 15.4. The lowest BCUT2D eigenvalue weighted by atomic mass is 10.2. The van der Waals surface area contributed by atoms with Crippen LogP contribution in [0.1, 0.15) is 0 Å². The quantitative estimate of drug-likeness (QED) is 0.629. The molecule has 150 valence electrons. The van der Waals surface area contributed by atoms with Crippen LogP contribution in [0.2, 0.25) is 5.02 Å².